The Morgan fingerprint density at radius 2 is 0.786 bits per heavy atom. The van der Waals surface area contributed by atoms with E-state index in [9.17, 15) is 33.7 Å². The Labute approximate surface area is 250 Å². The molecule has 14 nitrogen and oxygen atoms in total. The Hall–Kier alpha value is -1.58. The van der Waals surface area contributed by atoms with Crippen molar-refractivity contribution in [2.24, 2.45) is 10.2 Å². The molecule has 242 valence electrons. The number of unbranched alkanes of at least 4 members (excludes halogenated alkanes) is 7. The quantitative estimate of drug-likeness (QED) is 0.0720. The molecule has 2 unspecified atom stereocenters. The van der Waals surface area contributed by atoms with Gasteiger partial charge >= 0.3 is 0 Å². The maximum atomic E-state index is 12.9. The Kier molecular flexibility index (Phi) is 14.9. The first-order chi connectivity index (χ1) is 19.8. The van der Waals surface area contributed by atoms with Crippen LogP contribution in [0.4, 0.5) is 0 Å². The van der Waals surface area contributed by atoms with Gasteiger partial charge in [-0.3, -0.25) is 0 Å². The van der Waals surface area contributed by atoms with E-state index >= 15 is 0 Å². The lowest BCUT2D eigenvalue weighted by Crippen LogP contribution is -2.38. The molecule has 18 heteroatoms. The van der Waals surface area contributed by atoms with E-state index in [1.807, 2.05) is 0 Å². The minimum atomic E-state index is -4.18. The Morgan fingerprint density at radius 1 is 0.500 bits per heavy atom. The van der Waals surface area contributed by atoms with Crippen molar-refractivity contribution in [1.82, 2.24) is 0 Å². The second-order valence-corrected chi connectivity index (χ2v) is 20.8. The number of sulfone groups is 4. The third-order valence-electron chi connectivity index (χ3n) is 8.11. The molecule has 0 heterocycles. The van der Waals surface area contributed by atoms with Crippen LogP contribution in [0.15, 0.2) is 10.2 Å². The lowest BCUT2D eigenvalue weighted by Gasteiger charge is -2.24. The number of hydrogen-bond donors (Lipinski definition) is 0. The summed E-state index contributed by atoms with van der Waals surface area (Å²) in [5, 5.41) is 4.74. The van der Waals surface area contributed by atoms with Gasteiger partial charge in [0, 0.05) is 9.82 Å². The fourth-order valence-corrected chi connectivity index (χ4v) is 15.5. The zero-order chi connectivity index (χ0) is 31.3. The van der Waals surface area contributed by atoms with Gasteiger partial charge in [-0.15, -0.1) is 0 Å². The first-order valence-corrected chi connectivity index (χ1v) is 21.4. The van der Waals surface area contributed by atoms with Crippen molar-refractivity contribution in [3.8, 4) is 0 Å². The lowest BCUT2D eigenvalue weighted by molar-refractivity contribution is 0.480. The van der Waals surface area contributed by atoms with Crippen LogP contribution in [-0.4, -0.2) is 65.1 Å². The van der Waals surface area contributed by atoms with Crippen LogP contribution in [0.2, 0.25) is 0 Å². The molecule has 2 aliphatic rings. The van der Waals surface area contributed by atoms with E-state index in [1.165, 1.54) is 0 Å². The smallest absolute Gasteiger partial charge is 0.227 e. The normalized spacial score (nSPS) is 19.3. The molecule has 42 heavy (non-hydrogen) atoms. The van der Waals surface area contributed by atoms with Crippen LogP contribution in [-0.2, 0) is 39.3 Å². The van der Waals surface area contributed by atoms with Gasteiger partial charge in [0.15, 0.2) is 39.3 Å². The van der Waals surface area contributed by atoms with Gasteiger partial charge in [-0.2, -0.15) is 0 Å². The number of nitrogens with zero attached hydrogens (tertiary/aromatic N) is 6. The van der Waals surface area contributed by atoms with E-state index in [4.69, 9.17) is 11.1 Å². The minimum Gasteiger partial charge on any atom is -0.227 e. The van der Waals surface area contributed by atoms with E-state index in [-0.39, 0.29) is 12.8 Å². The van der Waals surface area contributed by atoms with Crippen LogP contribution in [0, 0.1) is 0 Å². The molecule has 2 fully saturated rings. The summed E-state index contributed by atoms with van der Waals surface area (Å²) in [5.41, 5.74) is 17.7. The molecule has 0 aromatic heterocycles. The average molecular weight is 673 g/mol. The monoisotopic (exact) mass is 672 g/mol. The number of azide groups is 2. The summed E-state index contributed by atoms with van der Waals surface area (Å²) in [6.07, 6.45) is 10.5. The summed E-state index contributed by atoms with van der Waals surface area (Å²) in [5.74, 6) is -0.785. The summed E-state index contributed by atoms with van der Waals surface area (Å²) in [7, 11) is -16.6. The van der Waals surface area contributed by atoms with Gasteiger partial charge in [0.2, 0.25) is 9.41 Å². The van der Waals surface area contributed by atoms with Gasteiger partial charge in [-0.1, -0.05) is 87.3 Å². The van der Waals surface area contributed by atoms with Crippen molar-refractivity contribution >= 4 is 39.3 Å². The molecule has 0 spiro atoms. The molecule has 0 aromatic rings. The molecule has 2 aliphatic carbocycles. The Balaban J connectivity index is 1.73. The molecule has 0 N–H and O–H groups in total. The first-order valence-electron chi connectivity index (χ1n) is 14.8. The molecule has 0 amide bonds. The molecule has 0 radical (unpaired) electrons. The van der Waals surface area contributed by atoms with Gasteiger partial charge in [-0.05, 0) is 49.6 Å². The molecule has 2 saturated carbocycles. The van der Waals surface area contributed by atoms with Crippen LogP contribution >= 0.6 is 0 Å². The zero-order valence-corrected chi connectivity index (χ0v) is 27.3. The maximum Gasteiger partial charge on any atom is 0.240 e. The van der Waals surface area contributed by atoms with E-state index in [0.29, 0.717) is 77.0 Å². The van der Waals surface area contributed by atoms with E-state index < -0.39 is 70.8 Å². The van der Waals surface area contributed by atoms with Crippen LogP contribution in [0.3, 0.4) is 0 Å². The van der Waals surface area contributed by atoms with Crippen molar-refractivity contribution in [1.29, 1.82) is 0 Å². The predicted octanol–water partition coefficient (Wildman–Crippen LogP) is 5.62. The number of hydrogen-bond acceptors (Lipinski definition) is 10. The van der Waals surface area contributed by atoms with Gasteiger partial charge in [0.05, 0.1) is 22.0 Å². The van der Waals surface area contributed by atoms with Crippen molar-refractivity contribution in [2.75, 3.05) is 11.5 Å². The van der Waals surface area contributed by atoms with Gasteiger partial charge < -0.3 is 0 Å². The second kappa shape index (κ2) is 17.0. The topological polar surface area (TPSA) is 234 Å². The second-order valence-electron chi connectivity index (χ2n) is 11.3. The van der Waals surface area contributed by atoms with Crippen molar-refractivity contribution in [3.05, 3.63) is 20.9 Å². The highest BCUT2D eigenvalue weighted by Crippen LogP contribution is 2.31. The molecular weight excluding hydrogens is 629 g/mol. The maximum absolute atomic E-state index is 12.9. The van der Waals surface area contributed by atoms with Gasteiger partial charge in [0.25, 0.3) is 0 Å². The Bertz CT molecular complexity index is 1280. The molecule has 0 saturated heterocycles. The average Bonchev–Trinajstić information content (AvgIpc) is 2.96. The van der Waals surface area contributed by atoms with Crippen LogP contribution < -0.4 is 0 Å². The number of rotatable bonds is 19. The zero-order valence-electron chi connectivity index (χ0n) is 24.0. The fourth-order valence-electron chi connectivity index (χ4n) is 5.75. The standard InChI is InChI=1S/C24H44N6O8S4/c25-29-27-23(41(35,36)21-15-9-7-10-16-21)39(31,32)19-13-5-3-1-2-4-6-14-20-40(33,34)24(28-30-26)42(37,38)22-17-11-8-12-18-22/h21-24H,1-20H2. The fraction of sp³-hybridized carbons (Fsp3) is 1.00. The molecule has 0 aliphatic heterocycles. The SMILES string of the molecule is [N-]=[N+]=NC(S(=O)(=O)CCCCCCCCCCS(=O)(=O)C(N=[N+]=[N-])S(=O)(=O)C1CCCCC1)S(=O)(=O)C1CCCCC1. The molecule has 0 bridgehead atoms. The first kappa shape index (κ1) is 36.6. The van der Waals surface area contributed by atoms with Gasteiger partial charge in [-0.25, -0.2) is 33.7 Å². The molecule has 2 rings (SSSR count). The van der Waals surface area contributed by atoms with Crippen LogP contribution in [0.5, 0.6) is 0 Å². The van der Waals surface area contributed by atoms with Crippen LogP contribution in [0.25, 0.3) is 20.9 Å². The molecule has 0 aromatic carbocycles. The largest absolute Gasteiger partial charge is 0.240 e. The van der Waals surface area contributed by atoms with E-state index in [1.54, 1.807) is 0 Å². The Morgan fingerprint density at radius 3 is 1.07 bits per heavy atom. The van der Waals surface area contributed by atoms with Gasteiger partial charge in [0.1, 0.15) is 0 Å². The van der Waals surface area contributed by atoms with Crippen molar-refractivity contribution < 1.29 is 33.7 Å². The van der Waals surface area contributed by atoms with Crippen LogP contribution in [0.1, 0.15) is 116 Å². The molecule has 2 atom stereocenters. The van der Waals surface area contributed by atoms with Crippen molar-refractivity contribution in [3.63, 3.8) is 0 Å². The third kappa shape index (κ3) is 10.5. The summed E-state index contributed by atoms with van der Waals surface area (Å²) in [6.45, 7) is 0. The van der Waals surface area contributed by atoms with E-state index in [0.717, 1.165) is 25.7 Å². The van der Waals surface area contributed by atoms with Crippen molar-refractivity contribution in [2.45, 2.75) is 135 Å². The molecular formula is C24H44N6O8S4. The summed E-state index contributed by atoms with van der Waals surface area (Å²) in [4.78, 5) is 5.00. The summed E-state index contributed by atoms with van der Waals surface area (Å²) < 4.78 is 98.6. The predicted molar refractivity (Wildman–Crippen MR) is 162 cm³/mol. The summed E-state index contributed by atoms with van der Waals surface area (Å²) in [6, 6.07) is 0. The van der Waals surface area contributed by atoms with E-state index in [2.05, 4.69) is 20.1 Å². The third-order valence-corrected chi connectivity index (χ3v) is 18.7. The highest BCUT2D eigenvalue weighted by molar-refractivity contribution is 8.09. The minimum absolute atomic E-state index is 0.231. The lowest BCUT2D eigenvalue weighted by atomic mass is 10.0. The highest BCUT2D eigenvalue weighted by Gasteiger charge is 2.43. The summed E-state index contributed by atoms with van der Waals surface area (Å²) >= 11 is 0. The highest BCUT2D eigenvalue weighted by atomic mass is 32.3.